The Bertz CT molecular complexity index is 377. The molecule has 1 aliphatic rings. The van der Waals surface area contributed by atoms with E-state index in [4.69, 9.17) is 0 Å². The van der Waals surface area contributed by atoms with Crippen LogP contribution in [0.2, 0.25) is 0 Å². The average Bonchev–Trinajstić information content (AvgIpc) is 2.21. The first-order chi connectivity index (χ1) is 8.04. The van der Waals surface area contributed by atoms with Gasteiger partial charge in [0, 0.05) is 23.7 Å². The van der Waals surface area contributed by atoms with Crippen LogP contribution in [0, 0.1) is 0 Å². The molecule has 1 aliphatic heterocycles. The molecule has 0 aromatic heterocycles. The second kappa shape index (κ2) is 5.18. The summed E-state index contributed by atoms with van der Waals surface area (Å²) in [5, 5.41) is 6.34. The monoisotopic (exact) mass is 262 g/mol. The summed E-state index contributed by atoms with van der Waals surface area (Å²) in [6, 6.07) is 7.43. The molecule has 1 aromatic carbocycles. The van der Waals surface area contributed by atoms with Crippen LogP contribution in [0.3, 0.4) is 0 Å². The molecule has 2 rings (SSSR count). The van der Waals surface area contributed by atoms with E-state index in [1.165, 1.54) is 0 Å². The zero-order chi connectivity index (χ0) is 12.3. The molecule has 0 saturated carbocycles. The number of hydrogen-bond acceptors (Lipinski definition) is 3. The molecule has 2 N–H and O–H groups in total. The number of rotatable bonds is 4. The highest BCUT2D eigenvalue weighted by atomic mass is 32.2. The highest BCUT2D eigenvalue weighted by Crippen LogP contribution is 2.32. The topological polar surface area (TPSA) is 24.1 Å². The maximum atomic E-state index is 12.2. The standard InChI is InChI=1S/C11H13F3N2S/c12-11(13,14)7-17-10-4-2-1-3-9(10)16-8-5-15-6-8/h1-4,8,15-16H,5-7H2. The van der Waals surface area contributed by atoms with E-state index in [1.54, 1.807) is 12.1 Å². The van der Waals surface area contributed by atoms with Gasteiger partial charge in [0.2, 0.25) is 0 Å². The number of benzene rings is 1. The fourth-order valence-electron chi connectivity index (χ4n) is 1.48. The Balaban J connectivity index is 1.99. The van der Waals surface area contributed by atoms with Gasteiger partial charge in [0.15, 0.2) is 0 Å². The van der Waals surface area contributed by atoms with Crippen molar-refractivity contribution < 1.29 is 13.2 Å². The van der Waals surface area contributed by atoms with Crippen molar-refractivity contribution in [1.82, 2.24) is 5.32 Å². The van der Waals surface area contributed by atoms with Gasteiger partial charge in [-0.1, -0.05) is 12.1 Å². The maximum absolute atomic E-state index is 12.2. The predicted molar refractivity (Wildman–Crippen MR) is 63.5 cm³/mol. The molecule has 1 saturated heterocycles. The fourth-order valence-corrected chi connectivity index (χ4v) is 2.26. The van der Waals surface area contributed by atoms with E-state index in [1.807, 2.05) is 12.1 Å². The van der Waals surface area contributed by atoms with Crippen molar-refractivity contribution in [3.8, 4) is 0 Å². The highest BCUT2D eigenvalue weighted by molar-refractivity contribution is 7.99. The summed E-state index contributed by atoms with van der Waals surface area (Å²) in [5.74, 6) is -0.853. The Morgan fingerprint density at radius 1 is 1.29 bits per heavy atom. The van der Waals surface area contributed by atoms with Crippen molar-refractivity contribution >= 4 is 17.4 Å². The summed E-state index contributed by atoms with van der Waals surface area (Å²) >= 11 is 0.823. The summed E-state index contributed by atoms with van der Waals surface area (Å²) in [7, 11) is 0. The first kappa shape index (κ1) is 12.6. The van der Waals surface area contributed by atoms with Crippen LogP contribution in [0.25, 0.3) is 0 Å². The number of anilines is 1. The molecule has 2 nitrogen and oxygen atoms in total. The van der Waals surface area contributed by atoms with Crippen LogP contribution in [0.1, 0.15) is 0 Å². The van der Waals surface area contributed by atoms with Gasteiger partial charge in [-0.15, -0.1) is 11.8 Å². The van der Waals surface area contributed by atoms with Gasteiger partial charge in [-0.05, 0) is 12.1 Å². The van der Waals surface area contributed by atoms with Crippen molar-refractivity contribution in [1.29, 1.82) is 0 Å². The van der Waals surface area contributed by atoms with E-state index in [0.29, 0.717) is 10.9 Å². The van der Waals surface area contributed by atoms with Crippen molar-refractivity contribution in [2.75, 3.05) is 24.2 Å². The Labute approximate surface area is 102 Å². The number of alkyl halides is 3. The molecule has 0 aliphatic carbocycles. The Morgan fingerprint density at radius 2 is 2.00 bits per heavy atom. The van der Waals surface area contributed by atoms with E-state index in [2.05, 4.69) is 10.6 Å². The second-order valence-electron chi connectivity index (χ2n) is 3.90. The number of para-hydroxylation sites is 1. The second-order valence-corrected chi connectivity index (χ2v) is 4.92. The molecule has 0 amide bonds. The molecule has 0 spiro atoms. The number of hydrogen-bond donors (Lipinski definition) is 2. The molecule has 0 atom stereocenters. The quantitative estimate of drug-likeness (QED) is 0.816. The third-order valence-electron chi connectivity index (χ3n) is 2.42. The lowest BCUT2D eigenvalue weighted by Gasteiger charge is -2.29. The van der Waals surface area contributed by atoms with E-state index in [9.17, 15) is 13.2 Å². The normalized spacial score (nSPS) is 16.6. The molecular weight excluding hydrogens is 249 g/mol. The molecule has 1 heterocycles. The van der Waals surface area contributed by atoms with Crippen LogP contribution >= 0.6 is 11.8 Å². The van der Waals surface area contributed by atoms with E-state index < -0.39 is 11.9 Å². The van der Waals surface area contributed by atoms with Crippen molar-refractivity contribution in [3.63, 3.8) is 0 Å². The smallest absolute Gasteiger partial charge is 0.379 e. The van der Waals surface area contributed by atoms with Gasteiger partial charge in [-0.3, -0.25) is 0 Å². The molecular formula is C11H13F3N2S. The zero-order valence-electron chi connectivity index (χ0n) is 9.05. The third kappa shape index (κ3) is 3.81. The van der Waals surface area contributed by atoms with Gasteiger partial charge < -0.3 is 10.6 Å². The Morgan fingerprint density at radius 3 is 2.59 bits per heavy atom. The molecule has 94 valence electrons. The zero-order valence-corrected chi connectivity index (χ0v) is 9.87. The van der Waals surface area contributed by atoms with Crippen LogP contribution in [0.5, 0.6) is 0 Å². The number of thioether (sulfide) groups is 1. The van der Waals surface area contributed by atoms with Crippen LogP contribution in [0.4, 0.5) is 18.9 Å². The fraction of sp³-hybridized carbons (Fsp3) is 0.455. The van der Waals surface area contributed by atoms with Crippen LogP contribution in [-0.2, 0) is 0 Å². The lowest BCUT2D eigenvalue weighted by molar-refractivity contribution is -0.105. The van der Waals surface area contributed by atoms with Gasteiger partial charge >= 0.3 is 6.18 Å². The van der Waals surface area contributed by atoms with Gasteiger partial charge in [0.1, 0.15) is 0 Å². The largest absolute Gasteiger partial charge is 0.398 e. The molecule has 0 bridgehead atoms. The van der Waals surface area contributed by atoms with Crippen molar-refractivity contribution in [2.24, 2.45) is 0 Å². The molecule has 0 unspecified atom stereocenters. The summed E-state index contributed by atoms with van der Waals surface area (Å²) < 4.78 is 36.5. The number of halogens is 3. The van der Waals surface area contributed by atoms with Gasteiger partial charge in [0.25, 0.3) is 0 Å². The maximum Gasteiger partial charge on any atom is 0.398 e. The van der Waals surface area contributed by atoms with E-state index in [0.717, 1.165) is 30.5 Å². The minimum absolute atomic E-state index is 0.322. The third-order valence-corrected chi connectivity index (χ3v) is 3.56. The van der Waals surface area contributed by atoms with Gasteiger partial charge in [-0.2, -0.15) is 13.2 Å². The van der Waals surface area contributed by atoms with Crippen molar-refractivity contribution in [2.45, 2.75) is 17.1 Å². The Kier molecular flexibility index (Phi) is 3.83. The summed E-state index contributed by atoms with van der Waals surface area (Å²) in [6.07, 6.45) is -4.13. The molecule has 1 fully saturated rings. The van der Waals surface area contributed by atoms with Crippen LogP contribution < -0.4 is 10.6 Å². The molecule has 6 heteroatoms. The van der Waals surface area contributed by atoms with Crippen molar-refractivity contribution in [3.05, 3.63) is 24.3 Å². The van der Waals surface area contributed by atoms with E-state index in [-0.39, 0.29) is 0 Å². The Hall–Kier alpha value is -0.880. The highest BCUT2D eigenvalue weighted by Gasteiger charge is 2.28. The first-order valence-electron chi connectivity index (χ1n) is 5.30. The molecule has 0 radical (unpaired) electrons. The SMILES string of the molecule is FC(F)(F)CSc1ccccc1NC1CNC1. The molecule has 1 aromatic rings. The lowest BCUT2D eigenvalue weighted by atomic mass is 10.1. The van der Waals surface area contributed by atoms with Crippen LogP contribution in [0.15, 0.2) is 29.2 Å². The number of nitrogens with one attached hydrogen (secondary N) is 2. The lowest BCUT2D eigenvalue weighted by Crippen LogP contribution is -2.51. The van der Waals surface area contributed by atoms with Gasteiger partial charge in [-0.25, -0.2) is 0 Å². The first-order valence-corrected chi connectivity index (χ1v) is 6.29. The summed E-state index contributed by atoms with van der Waals surface area (Å²) in [4.78, 5) is 0.650. The summed E-state index contributed by atoms with van der Waals surface area (Å²) in [5.41, 5.74) is 0.785. The molecule has 17 heavy (non-hydrogen) atoms. The van der Waals surface area contributed by atoms with Crippen LogP contribution in [-0.4, -0.2) is 31.1 Å². The predicted octanol–water partition coefficient (Wildman–Crippen LogP) is 2.72. The minimum atomic E-state index is -4.13. The van der Waals surface area contributed by atoms with Gasteiger partial charge in [0.05, 0.1) is 11.8 Å². The average molecular weight is 262 g/mol. The van der Waals surface area contributed by atoms with E-state index >= 15 is 0 Å². The summed E-state index contributed by atoms with van der Waals surface area (Å²) in [6.45, 7) is 1.72. The minimum Gasteiger partial charge on any atom is -0.379 e.